The summed E-state index contributed by atoms with van der Waals surface area (Å²) in [4.78, 5) is 31.0. The molecule has 33 heavy (non-hydrogen) atoms. The van der Waals surface area contributed by atoms with E-state index < -0.39 is 5.82 Å². The van der Waals surface area contributed by atoms with Crippen molar-refractivity contribution in [3.63, 3.8) is 0 Å². The summed E-state index contributed by atoms with van der Waals surface area (Å²) >= 11 is 1.65. The molecule has 3 heterocycles. The van der Waals surface area contributed by atoms with Gasteiger partial charge in [-0.15, -0.1) is 11.3 Å². The lowest BCUT2D eigenvalue weighted by atomic mass is 10.00. The average molecular weight is 471 g/mol. The monoisotopic (exact) mass is 470 g/mol. The molecule has 4 rings (SSSR count). The molecule has 0 unspecified atom stereocenters. The minimum absolute atomic E-state index is 0.0653. The smallest absolute Gasteiger partial charge is 0.290 e. The number of halogens is 1. The van der Waals surface area contributed by atoms with Crippen molar-refractivity contribution < 1.29 is 23.1 Å². The van der Waals surface area contributed by atoms with Crippen molar-refractivity contribution >= 4 is 23.2 Å². The van der Waals surface area contributed by atoms with Crippen LogP contribution in [-0.4, -0.2) is 47.4 Å². The number of nitrogens with zero attached hydrogens (tertiary/aromatic N) is 2. The van der Waals surface area contributed by atoms with Gasteiger partial charge < -0.3 is 19.0 Å². The van der Waals surface area contributed by atoms with E-state index in [2.05, 4.69) is 0 Å². The Morgan fingerprint density at radius 1 is 1.27 bits per heavy atom. The minimum Gasteiger partial charge on any atom is -0.488 e. The first-order valence-corrected chi connectivity index (χ1v) is 11.9. The zero-order valence-electron chi connectivity index (χ0n) is 18.7. The Hall–Kier alpha value is -3.13. The van der Waals surface area contributed by atoms with E-state index in [0.717, 1.165) is 12.0 Å². The van der Waals surface area contributed by atoms with E-state index in [1.807, 2.05) is 25.3 Å². The summed E-state index contributed by atoms with van der Waals surface area (Å²) in [6, 6.07) is 11.0. The normalized spacial score (nSPS) is 16.2. The van der Waals surface area contributed by atoms with Crippen molar-refractivity contribution in [2.24, 2.45) is 0 Å². The van der Waals surface area contributed by atoms with Gasteiger partial charge in [-0.3, -0.25) is 9.59 Å². The number of amides is 2. The van der Waals surface area contributed by atoms with E-state index in [9.17, 15) is 14.0 Å². The molecule has 0 spiro atoms. The predicted octanol–water partition coefficient (Wildman–Crippen LogP) is 4.93. The SMILES string of the molecule is CC[C@@H](C)N(CC(=O)N1CCc2sccc2[C@@H]1COc1ccccc1F)C(=O)c1ccco1. The van der Waals surface area contributed by atoms with Crippen LogP contribution in [0.2, 0.25) is 0 Å². The first-order chi connectivity index (χ1) is 16.0. The zero-order valence-corrected chi connectivity index (χ0v) is 19.5. The first kappa shape index (κ1) is 23.0. The number of furan rings is 1. The fourth-order valence-corrected chi connectivity index (χ4v) is 4.96. The minimum atomic E-state index is -0.441. The molecule has 0 saturated heterocycles. The highest BCUT2D eigenvalue weighted by molar-refractivity contribution is 7.10. The van der Waals surface area contributed by atoms with Crippen LogP contribution in [0, 0.1) is 5.82 Å². The highest BCUT2D eigenvalue weighted by Crippen LogP contribution is 2.34. The number of para-hydroxylation sites is 1. The van der Waals surface area contributed by atoms with Crippen molar-refractivity contribution in [3.8, 4) is 5.75 Å². The number of hydrogen-bond acceptors (Lipinski definition) is 5. The van der Waals surface area contributed by atoms with Crippen LogP contribution in [0.3, 0.4) is 0 Å². The molecule has 8 heteroatoms. The number of carbonyl (C=O) groups is 2. The summed E-state index contributed by atoms with van der Waals surface area (Å²) in [5.41, 5.74) is 1.02. The molecule has 174 valence electrons. The number of hydrogen-bond donors (Lipinski definition) is 0. The second kappa shape index (κ2) is 10.2. The predicted molar refractivity (Wildman–Crippen MR) is 124 cm³/mol. The Morgan fingerprint density at radius 3 is 2.82 bits per heavy atom. The average Bonchev–Trinajstić information content (AvgIpc) is 3.53. The van der Waals surface area contributed by atoms with Gasteiger partial charge >= 0.3 is 0 Å². The van der Waals surface area contributed by atoms with Crippen LogP contribution in [-0.2, 0) is 11.2 Å². The van der Waals surface area contributed by atoms with Crippen LogP contribution < -0.4 is 4.74 Å². The van der Waals surface area contributed by atoms with Gasteiger partial charge in [0, 0.05) is 17.5 Å². The molecule has 3 aromatic rings. The Balaban J connectivity index is 1.55. The lowest BCUT2D eigenvalue weighted by molar-refractivity contribution is -0.136. The van der Waals surface area contributed by atoms with E-state index in [4.69, 9.17) is 9.15 Å². The van der Waals surface area contributed by atoms with Gasteiger partial charge in [0.2, 0.25) is 5.91 Å². The molecule has 1 aromatic carbocycles. The van der Waals surface area contributed by atoms with Gasteiger partial charge in [0.1, 0.15) is 13.2 Å². The lowest BCUT2D eigenvalue weighted by Gasteiger charge is -2.38. The third kappa shape index (κ3) is 4.95. The molecule has 0 saturated carbocycles. The Bertz CT molecular complexity index is 1100. The molecule has 0 fully saturated rings. The van der Waals surface area contributed by atoms with Gasteiger partial charge in [-0.2, -0.15) is 0 Å². The second-order valence-corrected chi connectivity index (χ2v) is 9.06. The van der Waals surface area contributed by atoms with Gasteiger partial charge in [0.25, 0.3) is 5.91 Å². The molecule has 6 nitrogen and oxygen atoms in total. The molecule has 0 radical (unpaired) electrons. The molecule has 0 N–H and O–H groups in total. The Labute approximate surface area is 196 Å². The van der Waals surface area contributed by atoms with Gasteiger partial charge in [-0.05, 0) is 61.0 Å². The molecule has 1 aliphatic heterocycles. The fraction of sp³-hybridized carbons (Fsp3) is 0.360. The maximum Gasteiger partial charge on any atom is 0.290 e. The number of ether oxygens (including phenoxy) is 1. The van der Waals surface area contributed by atoms with Gasteiger partial charge in [-0.25, -0.2) is 4.39 Å². The highest BCUT2D eigenvalue weighted by atomic mass is 32.1. The van der Waals surface area contributed by atoms with E-state index in [0.29, 0.717) is 13.0 Å². The summed E-state index contributed by atoms with van der Waals surface area (Å²) in [6.07, 6.45) is 2.89. The van der Waals surface area contributed by atoms with E-state index in [1.165, 1.54) is 17.2 Å². The standard InChI is InChI=1S/C25H27FN2O4S/c1-3-17(2)28(25(30)22-9-6-13-31-22)15-24(29)27-12-10-23-18(11-14-33-23)20(27)16-32-21-8-5-4-7-19(21)26/h4-9,11,13-14,17,20H,3,10,12,15-16H2,1-2H3/t17-,20+/m1/s1. The van der Waals surface area contributed by atoms with E-state index >= 15 is 0 Å². The summed E-state index contributed by atoms with van der Waals surface area (Å²) in [6.45, 7) is 4.47. The Kier molecular flexibility index (Phi) is 7.13. The van der Waals surface area contributed by atoms with Crippen LogP contribution in [0.15, 0.2) is 58.5 Å². The maximum atomic E-state index is 14.1. The quantitative estimate of drug-likeness (QED) is 0.469. The van der Waals surface area contributed by atoms with Crippen molar-refractivity contribution in [1.29, 1.82) is 0 Å². The number of carbonyl (C=O) groups excluding carboxylic acids is 2. The molecular weight excluding hydrogens is 443 g/mol. The number of benzene rings is 1. The molecule has 2 amide bonds. The molecule has 0 aliphatic carbocycles. The molecular formula is C25H27FN2O4S. The summed E-state index contributed by atoms with van der Waals surface area (Å²) in [5, 5.41) is 2.00. The van der Waals surface area contributed by atoms with E-state index in [1.54, 1.807) is 51.5 Å². The molecule has 0 bridgehead atoms. The summed E-state index contributed by atoms with van der Waals surface area (Å²) in [7, 11) is 0. The fourth-order valence-electron chi connectivity index (χ4n) is 4.03. The van der Waals surface area contributed by atoms with Crippen LogP contribution in [0.4, 0.5) is 4.39 Å². The third-order valence-corrected chi connectivity index (χ3v) is 7.07. The Morgan fingerprint density at radius 2 is 2.09 bits per heavy atom. The van der Waals surface area contributed by atoms with Crippen LogP contribution in [0.5, 0.6) is 5.75 Å². The lowest BCUT2D eigenvalue weighted by Crippen LogP contribution is -2.49. The van der Waals surface area contributed by atoms with Crippen molar-refractivity contribution in [1.82, 2.24) is 9.80 Å². The molecule has 2 aromatic heterocycles. The third-order valence-electron chi connectivity index (χ3n) is 6.07. The maximum absolute atomic E-state index is 14.1. The largest absolute Gasteiger partial charge is 0.488 e. The number of thiophene rings is 1. The number of fused-ring (bicyclic) bond motifs is 1. The molecule has 2 atom stereocenters. The number of rotatable bonds is 8. The molecule has 1 aliphatic rings. The second-order valence-electron chi connectivity index (χ2n) is 8.06. The van der Waals surface area contributed by atoms with Gasteiger partial charge in [0.15, 0.2) is 17.3 Å². The van der Waals surface area contributed by atoms with Crippen LogP contribution in [0.25, 0.3) is 0 Å². The summed E-state index contributed by atoms with van der Waals surface area (Å²) < 4.78 is 25.2. The van der Waals surface area contributed by atoms with Crippen molar-refractivity contribution in [2.45, 2.75) is 38.8 Å². The van der Waals surface area contributed by atoms with Gasteiger partial charge in [-0.1, -0.05) is 19.1 Å². The van der Waals surface area contributed by atoms with Crippen molar-refractivity contribution in [2.75, 3.05) is 19.7 Å². The summed E-state index contributed by atoms with van der Waals surface area (Å²) in [5.74, 6) is -0.559. The van der Waals surface area contributed by atoms with Crippen molar-refractivity contribution in [3.05, 3.63) is 76.1 Å². The van der Waals surface area contributed by atoms with Crippen LogP contribution in [0.1, 0.15) is 47.3 Å². The highest BCUT2D eigenvalue weighted by Gasteiger charge is 2.35. The van der Waals surface area contributed by atoms with Gasteiger partial charge in [0.05, 0.1) is 12.3 Å². The first-order valence-electron chi connectivity index (χ1n) is 11.1. The topological polar surface area (TPSA) is 63.0 Å². The van der Waals surface area contributed by atoms with E-state index in [-0.39, 0.29) is 48.6 Å². The zero-order chi connectivity index (χ0) is 23.4. The van der Waals surface area contributed by atoms with Crippen LogP contribution >= 0.6 is 11.3 Å².